The molecular weight excluding hydrogens is 372 g/mol. The highest BCUT2D eigenvalue weighted by Crippen LogP contribution is 2.14. The summed E-state index contributed by atoms with van der Waals surface area (Å²) >= 11 is 3.30. The van der Waals surface area contributed by atoms with Gasteiger partial charge in [0.15, 0.2) is 0 Å². The fourth-order valence-corrected chi connectivity index (χ4v) is 2.63. The van der Waals surface area contributed by atoms with E-state index in [1.165, 1.54) is 7.11 Å². The van der Waals surface area contributed by atoms with E-state index in [4.69, 9.17) is 10.00 Å². The average molecular weight is 387 g/mol. The SMILES string of the molecule is COC(=O)[C@H](Cc1ccccc1C#N)NC(=O)c1cccc(Br)c1. The van der Waals surface area contributed by atoms with E-state index in [2.05, 4.69) is 27.3 Å². The minimum atomic E-state index is -0.879. The number of nitriles is 1. The Hall–Kier alpha value is -2.65. The minimum Gasteiger partial charge on any atom is -0.467 e. The molecule has 2 aromatic carbocycles. The molecular formula is C18H15BrN2O3. The number of benzene rings is 2. The summed E-state index contributed by atoms with van der Waals surface area (Å²) in [6.07, 6.45) is 0.177. The van der Waals surface area contributed by atoms with E-state index in [-0.39, 0.29) is 12.3 Å². The minimum absolute atomic E-state index is 0.177. The van der Waals surface area contributed by atoms with Crippen LogP contribution in [-0.4, -0.2) is 25.0 Å². The number of nitrogens with one attached hydrogen (secondary N) is 1. The maximum atomic E-state index is 12.4. The third-order valence-electron chi connectivity index (χ3n) is 3.44. The first-order valence-electron chi connectivity index (χ1n) is 7.17. The van der Waals surface area contributed by atoms with Gasteiger partial charge in [0.05, 0.1) is 18.7 Å². The van der Waals surface area contributed by atoms with Crippen molar-refractivity contribution in [1.82, 2.24) is 5.32 Å². The largest absolute Gasteiger partial charge is 0.467 e. The van der Waals surface area contributed by atoms with Crippen LogP contribution in [0.15, 0.2) is 53.0 Å². The molecule has 0 bridgehead atoms. The van der Waals surface area contributed by atoms with Gasteiger partial charge < -0.3 is 10.1 Å². The predicted octanol–water partition coefficient (Wildman–Crippen LogP) is 2.83. The van der Waals surface area contributed by atoms with E-state index in [9.17, 15) is 9.59 Å². The highest BCUT2D eigenvalue weighted by molar-refractivity contribution is 9.10. The van der Waals surface area contributed by atoms with Gasteiger partial charge in [-0.3, -0.25) is 4.79 Å². The Balaban J connectivity index is 2.22. The Morgan fingerprint density at radius 1 is 1.25 bits per heavy atom. The zero-order valence-electron chi connectivity index (χ0n) is 13.0. The van der Waals surface area contributed by atoms with Gasteiger partial charge >= 0.3 is 5.97 Å². The Morgan fingerprint density at radius 2 is 2.00 bits per heavy atom. The van der Waals surface area contributed by atoms with Gasteiger partial charge in [-0.25, -0.2) is 4.79 Å². The fourth-order valence-electron chi connectivity index (χ4n) is 2.23. The number of nitrogens with zero attached hydrogens (tertiary/aromatic N) is 1. The van der Waals surface area contributed by atoms with Gasteiger partial charge in [0.2, 0.25) is 0 Å². The van der Waals surface area contributed by atoms with Crippen molar-refractivity contribution >= 4 is 27.8 Å². The number of rotatable bonds is 5. The molecule has 6 heteroatoms. The third-order valence-corrected chi connectivity index (χ3v) is 3.93. The number of ether oxygens (including phenoxy) is 1. The highest BCUT2D eigenvalue weighted by Gasteiger charge is 2.23. The van der Waals surface area contributed by atoms with Gasteiger partial charge in [0.1, 0.15) is 6.04 Å². The zero-order valence-corrected chi connectivity index (χ0v) is 14.5. The Kier molecular flexibility index (Phi) is 6.10. The second-order valence-electron chi connectivity index (χ2n) is 5.03. The highest BCUT2D eigenvalue weighted by atomic mass is 79.9. The number of hydrogen-bond acceptors (Lipinski definition) is 4. The van der Waals surface area contributed by atoms with Crippen LogP contribution in [0.4, 0.5) is 0 Å². The third kappa shape index (κ3) is 4.43. The maximum Gasteiger partial charge on any atom is 0.328 e. The quantitative estimate of drug-likeness (QED) is 0.801. The van der Waals surface area contributed by atoms with E-state index in [1.54, 1.807) is 48.5 Å². The van der Waals surface area contributed by atoms with E-state index in [1.807, 2.05) is 0 Å². The Labute approximate surface area is 148 Å². The summed E-state index contributed by atoms with van der Waals surface area (Å²) in [6.45, 7) is 0. The molecule has 0 saturated heterocycles. The molecule has 1 atom stereocenters. The van der Waals surface area contributed by atoms with Crippen molar-refractivity contribution in [3.05, 3.63) is 69.7 Å². The summed E-state index contributed by atoms with van der Waals surface area (Å²) in [4.78, 5) is 24.4. The molecule has 0 aromatic heterocycles. The number of carbonyl (C=O) groups excluding carboxylic acids is 2. The van der Waals surface area contributed by atoms with Gasteiger partial charge in [0, 0.05) is 16.5 Å². The monoisotopic (exact) mass is 386 g/mol. The predicted molar refractivity (Wildman–Crippen MR) is 92.3 cm³/mol. The molecule has 0 fully saturated rings. The van der Waals surface area contributed by atoms with Crippen LogP contribution in [0.3, 0.4) is 0 Å². The lowest BCUT2D eigenvalue weighted by molar-refractivity contribution is -0.142. The lowest BCUT2D eigenvalue weighted by Gasteiger charge is -2.17. The molecule has 5 nitrogen and oxygen atoms in total. The molecule has 0 aliphatic heterocycles. The molecule has 0 spiro atoms. The smallest absolute Gasteiger partial charge is 0.328 e. The van der Waals surface area contributed by atoms with Crippen LogP contribution in [0.5, 0.6) is 0 Å². The fraction of sp³-hybridized carbons (Fsp3) is 0.167. The van der Waals surface area contributed by atoms with Gasteiger partial charge in [-0.15, -0.1) is 0 Å². The number of hydrogen-bond donors (Lipinski definition) is 1. The van der Waals surface area contributed by atoms with Crippen LogP contribution in [0.25, 0.3) is 0 Å². The number of methoxy groups -OCH3 is 1. The van der Waals surface area contributed by atoms with Crippen LogP contribution < -0.4 is 5.32 Å². The van der Waals surface area contributed by atoms with E-state index in [0.717, 1.165) is 4.47 Å². The van der Waals surface area contributed by atoms with Crippen LogP contribution >= 0.6 is 15.9 Å². The van der Waals surface area contributed by atoms with Crippen molar-refractivity contribution in [1.29, 1.82) is 5.26 Å². The first-order chi connectivity index (χ1) is 11.5. The van der Waals surface area contributed by atoms with Crippen molar-refractivity contribution in [3.63, 3.8) is 0 Å². The zero-order chi connectivity index (χ0) is 17.5. The van der Waals surface area contributed by atoms with Crippen molar-refractivity contribution in [2.24, 2.45) is 0 Å². The van der Waals surface area contributed by atoms with Gasteiger partial charge in [-0.1, -0.05) is 40.2 Å². The van der Waals surface area contributed by atoms with Gasteiger partial charge in [-0.05, 0) is 29.8 Å². The van der Waals surface area contributed by atoms with Gasteiger partial charge in [0.25, 0.3) is 5.91 Å². The number of amides is 1. The molecule has 122 valence electrons. The molecule has 2 rings (SSSR count). The van der Waals surface area contributed by atoms with Crippen molar-refractivity contribution in [2.45, 2.75) is 12.5 Å². The molecule has 0 aliphatic rings. The lowest BCUT2D eigenvalue weighted by Crippen LogP contribution is -2.43. The molecule has 0 aliphatic carbocycles. The number of carbonyl (C=O) groups is 2. The number of esters is 1. The normalized spacial score (nSPS) is 11.2. The number of halogens is 1. The van der Waals surface area contributed by atoms with Crippen molar-refractivity contribution in [2.75, 3.05) is 7.11 Å². The van der Waals surface area contributed by atoms with E-state index in [0.29, 0.717) is 16.7 Å². The summed E-state index contributed by atoms with van der Waals surface area (Å²) in [5.41, 5.74) is 1.56. The maximum absolute atomic E-state index is 12.4. The summed E-state index contributed by atoms with van der Waals surface area (Å²) in [7, 11) is 1.26. The molecule has 1 amide bonds. The Bertz CT molecular complexity index is 799. The summed E-state index contributed by atoms with van der Waals surface area (Å²) in [6, 6.07) is 15.0. The van der Waals surface area contributed by atoms with Crippen LogP contribution in [0, 0.1) is 11.3 Å². The second kappa shape index (κ2) is 8.27. The molecule has 24 heavy (non-hydrogen) atoms. The van der Waals surface area contributed by atoms with Crippen LogP contribution in [0.2, 0.25) is 0 Å². The summed E-state index contributed by atoms with van der Waals surface area (Å²) in [5.74, 6) is -0.952. The molecule has 2 aromatic rings. The van der Waals surface area contributed by atoms with E-state index < -0.39 is 12.0 Å². The van der Waals surface area contributed by atoms with Crippen molar-refractivity contribution < 1.29 is 14.3 Å². The topological polar surface area (TPSA) is 79.2 Å². The molecule has 0 heterocycles. The molecule has 0 saturated carbocycles. The Morgan fingerprint density at radius 3 is 2.67 bits per heavy atom. The summed E-state index contributed by atoms with van der Waals surface area (Å²) in [5, 5.41) is 11.8. The standard InChI is InChI=1S/C18H15BrN2O3/c1-24-18(23)16(10-12-5-2-3-6-14(12)11-20)21-17(22)13-7-4-8-15(19)9-13/h2-9,16H,10H2,1H3,(H,21,22)/t16-/m0/s1. The van der Waals surface area contributed by atoms with Crippen LogP contribution in [0.1, 0.15) is 21.5 Å². The molecule has 0 unspecified atom stereocenters. The van der Waals surface area contributed by atoms with Crippen molar-refractivity contribution in [3.8, 4) is 6.07 Å². The van der Waals surface area contributed by atoms with Crippen LogP contribution in [-0.2, 0) is 16.0 Å². The first kappa shape index (κ1) is 17.7. The second-order valence-corrected chi connectivity index (χ2v) is 5.95. The van der Waals surface area contributed by atoms with E-state index >= 15 is 0 Å². The molecule has 0 radical (unpaired) electrons. The van der Waals surface area contributed by atoms with Gasteiger partial charge in [-0.2, -0.15) is 5.26 Å². The summed E-state index contributed by atoms with van der Waals surface area (Å²) < 4.78 is 5.54. The lowest BCUT2D eigenvalue weighted by atomic mass is 10.0. The average Bonchev–Trinajstić information content (AvgIpc) is 2.60. The first-order valence-corrected chi connectivity index (χ1v) is 7.96. The molecule has 1 N–H and O–H groups in total.